The molecule has 0 atom stereocenters. The van der Waals surface area contributed by atoms with E-state index < -0.39 is 0 Å². The smallest absolute Gasteiger partial charge is 0.145 e. The second-order valence-electron chi connectivity index (χ2n) is 13.2. The van der Waals surface area contributed by atoms with Crippen LogP contribution in [-0.4, -0.2) is 14.1 Å². The summed E-state index contributed by atoms with van der Waals surface area (Å²) < 4.78 is 11.3. The number of benzene rings is 7. The van der Waals surface area contributed by atoms with E-state index in [4.69, 9.17) is 9.40 Å². The fourth-order valence-electron chi connectivity index (χ4n) is 8.04. The number of fused-ring (bicyclic) bond motifs is 10. The molecule has 0 aliphatic heterocycles. The molecule has 0 saturated carbocycles. The minimum Gasteiger partial charge on any atom is -0.455 e. The van der Waals surface area contributed by atoms with Crippen molar-refractivity contribution in [3.05, 3.63) is 176 Å². The van der Waals surface area contributed by atoms with Crippen molar-refractivity contribution >= 4 is 65.6 Å². The van der Waals surface area contributed by atoms with Gasteiger partial charge in [0.15, 0.2) is 0 Å². The van der Waals surface area contributed by atoms with Crippen LogP contribution in [0.25, 0.3) is 99.4 Å². The molecule has 0 N–H and O–H groups in total. The summed E-state index contributed by atoms with van der Waals surface area (Å²) in [5.41, 5.74) is 11.7. The summed E-state index contributed by atoms with van der Waals surface area (Å²) in [5, 5.41) is 6.95. The van der Waals surface area contributed by atoms with Gasteiger partial charge >= 0.3 is 0 Å². The zero-order valence-electron chi connectivity index (χ0n) is 27.5. The number of rotatable bonds is 4. The molecular weight excluding hydrogens is 623 g/mol. The number of nitrogens with zero attached hydrogens (tertiary/aromatic N) is 3. The van der Waals surface area contributed by atoms with Gasteiger partial charge in [0.05, 0.1) is 33.1 Å². The van der Waals surface area contributed by atoms with Crippen molar-refractivity contribution in [1.29, 1.82) is 0 Å². The Bertz CT molecular complexity index is 3070. The Labute approximate surface area is 293 Å². The van der Waals surface area contributed by atoms with E-state index in [1.807, 2.05) is 12.1 Å². The molecular formula is C47H29N3O. The lowest BCUT2D eigenvalue weighted by atomic mass is 10.0. The molecule has 4 nitrogen and oxygen atoms in total. The van der Waals surface area contributed by atoms with E-state index in [2.05, 4.69) is 173 Å². The van der Waals surface area contributed by atoms with Gasteiger partial charge in [-0.25, -0.2) is 4.98 Å². The normalized spacial score (nSPS) is 11.9. The summed E-state index contributed by atoms with van der Waals surface area (Å²) >= 11 is 0. The maximum absolute atomic E-state index is 6.58. The largest absolute Gasteiger partial charge is 0.455 e. The predicted octanol–water partition coefficient (Wildman–Crippen LogP) is 12.5. The summed E-state index contributed by atoms with van der Waals surface area (Å²) in [6, 6.07) is 62.4. The maximum atomic E-state index is 6.58. The maximum Gasteiger partial charge on any atom is 0.145 e. The van der Waals surface area contributed by atoms with Gasteiger partial charge < -0.3 is 8.98 Å². The van der Waals surface area contributed by atoms with Gasteiger partial charge in [0, 0.05) is 38.2 Å². The number of para-hydroxylation sites is 3. The molecule has 4 aromatic heterocycles. The lowest BCUT2D eigenvalue weighted by molar-refractivity contribution is 0.673. The molecule has 0 spiro atoms. The van der Waals surface area contributed by atoms with Crippen molar-refractivity contribution in [2.24, 2.45) is 0 Å². The molecule has 0 unspecified atom stereocenters. The van der Waals surface area contributed by atoms with Crippen LogP contribution in [0.5, 0.6) is 0 Å². The predicted molar refractivity (Wildman–Crippen MR) is 211 cm³/mol. The Morgan fingerprint density at radius 2 is 1.02 bits per heavy atom. The third kappa shape index (κ3) is 4.17. The van der Waals surface area contributed by atoms with Crippen molar-refractivity contribution in [3.8, 4) is 33.9 Å². The van der Waals surface area contributed by atoms with Gasteiger partial charge in [-0.15, -0.1) is 0 Å². The monoisotopic (exact) mass is 651 g/mol. The Balaban J connectivity index is 1.21. The van der Waals surface area contributed by atoms with E-state index in [-0.39, 0.29) is 0 Å². The van der Waals surface area contributed by atoms with Crippen LogP contribution in [0, 0.1) is 0 Å². The average molecular weight is 652 g/mol. The molecule has 0 saturated heterocycles. The van der Waals surface area contributed by atoms with Crippen molar-refractivity contribution < 1.29 is 4.42 Å². The van der Waals surface area contributed by atoms with Crippen LogP contribution in [0.3, 0.4) is 0 Å². The van der Waals surface area contributed by atoms with E-state index >= 15 is 0 Å². The zero-order valence-corrected chi connectivity index (χ0v) is 27.5. The minimum absolute atomic E-state index is 0.879. The average Bonchev–Trinajstić information content (AvgIpc) is 3.86. The summed E-state index contributed by atoms with van der Waals surface area (Å²) in [6.45, 7) is 0. The number of hydrogen-bond acceptors (Lipinski definition) is 2. The van der Waals surface area contributed by atoms with Gasteiger partial charge in [0.1, 0.15) is 17.0 Å². The van der Waals surface area contributed by atoms with E-state index in [9.17, 15) is 0 Å². The second kappa shape index (κ2) is 10.8. The molecule has 0 fully saturated rings. The molecule has 51 heavy (non-hydrogen) atoms. The van der Waals surface area contributed by atoms with Crippen LogP contribution in [0.15, 0.2) is 180 Å². The summed E-state index contributed by atoms with van der Waals surface area (Å²) in [5.74, 6) is 0.879. The van der Waals surface area contributed by atoms with Crippen LogP contribution >= 0.6 is 0 Å². The van der Waals surface area contributed by atoms with Crippen LogP contribution < -0.4 is 0 Å². The van der Waals surface area contributed by atoms with Crippen LogP contribution in [0.2, 0.25) is 0 Å². The zero-order chi connectivity index (χ0) is 33.5. The highest BCUT2D eigenvalue weighted by Gasteiger charge is 2.21. The highest BCUT2D eigenvalue weighted by molar-refractivity contribution is 6.24. The molecule has 4 heterocycles. The van der Waals surface area contributed by atoms with Crippen molar-refractivity contribution in [2.45, 2.75) is 0 Å². The van der Waals surface area contributed by atoms with E-state index in [1.165, 1.54) is 16.2 Å². The van der Waals surface area contributed by atoms with Crippen molar-refractivity contribution in [2.75, 3.05) is 0 Å². The number of hydrogen-bond donors (Lipinski definition) is 0. The Hall–Kier alpha value is -6.91. The van der Waals surface area contributed by atoms with Gasteiger partial charge in [0.25, 0.3) is 0 Å². The van der Waals surface area contributed by atoms with Gasteiger partial charge in [-0.1, -0.05) is 121 Å². The summed E-state index contributed by atoms with van der Waals surface area (Å²) in [7, 11) is 0. The molecule has 0 radical (unpaired) electrons. The highest BCUT2D eigenvalue weighted by Crippen LogP contribution is 2.42. The second-order valence-corrected chi connectivity index (χ2v) is 13.2. The van der Waals surface area contributed by atoms with Crippen LogP contribution in [0.1, 0.15) is 0 Å². The third-order valence-electron chi connectivity index (χ3n) is 10.3. The Morgan fingerprint density at radius 1 is 0.392 bits per heavy atom. The molecule has 11 aromatic rings. The molecule has 0 aliphatic rings. The molecule has 238 valence electrons. The molecule has 7 aromatic carbocycles. The van der Waals surface area contributed by atoms with E-state index in [0.29, 0.717) is 0 Å². The SMILES string of the molecule is c1ccc(-c2cc(-c3ccccc3)nc(-n3c4ccccc4c4ccc(-n5c6ccccc6c6c7oc8ccccc8c7ccc65)cc43)c2)cc1. The quantitative estimate of drug-likeness (QED) is 0.190. The number of pyridine rings is 1. The topological polar surface area (TPSA) is 35.9 Å². The molecule has 0 aliphatic carbocycles. The molecule has 4 heteroatoms. The van der Waals surface area contributed by atoms with E-state index in [0.717, 1.165) is 83.3 Å². The standard InChI is InChI=1S/C47H29N3O/c1-3-13-30(14-4-1)32-27-39(31-15-5-2-6-16-31)48-45(28-32)50-40-20-10-7-17-34(40)35-24-23-33(29-43(35)50)49-41-21-11-8-19-38(41)46-42(49)26-25-37-36-18-9-12-22-44(36)51-47(37)46/h1-29H. The first-order chi connectivity index (χ1) is 25.3. The fourth-order valence-corrected chi connectivity index (χ4v) is 8.04. The third-order valence-corrected chi connectivity index (χ3v) is 10.3. The van der Waals surface area contributed by atoms with Gasteiger partial charge in [-0.3, -0.25) is 4.57 Å². The first-order valence-corrected chi connectivity index (χ1v) is 17.3. The molecule has 11 rings (SSSR count). The molecule has 0 amide bonds. The number of furan rings is 1. The summed E-state index contributed by atoms with van der Waals surface area (Å²) in [4.78, 5) is 5.36. The minimum atomic E-state index is 0.879. The first-order valence-electron chi connectivity index (χ1n) is 17.3. The Kier molecular flexibility index (Phi) is 5.92. The lowest BCUT2D eigenvalue weighted by Gasteiger charge is -2.14. The van der Waals surface area contributed by atoms with Gasteiger partial charge in [-0.2, -0.15) is 0 Å². The Morgan fingerprint density at radius 3 is 1.82 bits per heavy atom. The van der Waals surface area contributed by atoms with Crippen molar-refractivity contribution in [1.82, 2.24) is 14.1 Å². The fraction of sp³-hybridized carbons (Fsp3) is 0. The lowest BCUT2D eigenvalue weighted by Crippen LogP contribution is -2.01. The van der Waals surface area contributed by atoms with E-state index in [1.54, 1.807) is 0 Å². The van der Waals surface area contributed by atoms with Crippen LogP contribution in [0.4, 0.5) is 0 Å². The number of aromatic nitrogens is 3. The van der Waals surface area contributed by atoms with Crippen LogP contribution in [-0.2, 0) is 0 Å². The summed E-state index contributed by atoms with van der Waals surface area (Å²) in [6.07, 6.45) is 0. The van der Waals surface area contributed by atoms with Crippen molar-refractivity contribution in [3.63, 3.8) is 0 Å². The molecule has 0 bridgehead atoms. The van der Waals surface area contributed by atoms with Gasteiger partial charge in [0.2, 0.25) is 0 Å². The highest BCUT2D eigenvalue weighted by atomic mass is 16.3. The van der Waals surface area contributed by atoms with Gasteiger partial charge in [-0.05, 0) is 65.7 Å². The first kappa shape index (κ1) is 28.0.